The standard InChI is InChI=1S/C13H18/c1-5-11-8-7-9-13(3,4)10-12(11)6-2/h5-8H,1-2,9-10H2,3-4H3. The first-order valence-electron chi connectivity index (χ1n) is 4.73. The summed E-state index contributed by atoms with van der Waals surface area (Å²) in [5, 5.41) is 0. The predicted molar refractivity (Wildman–Crippen MR) is 59.6 cm³/mol. The van der Waals surface area contributed by atoms with Crippen molar-refractivity contribution < 1.29 is 0 Å². The summed E-state index contributed by atoms with van der Waals surface area (Å²) in [7, 11) is 0. The molecule has 0 saturated heterocycles. The largest absolute Gasteiger partial charge is 0.0988 e. The highest BCUT2D eigenvalue weighted by Gasteiger charge is 2.20. The summed E-state index contributed by atoms with van der Waals surface area (Å²) in [5.74, 6) is 0. The highest BCUT2D eigenvalue weighted by molar-refractivity contribution is 5.41. The molecule has 0 heteroatoms. The second kappa shape index (κ2) is 3.78. The molecule has 0 amide bonds. The van der Waals surface area contributed by atoms with Crippen molar-refractivity contribution in [2.75, 3.05) is 0 Å². The highest BCUT2D eigenvalue weighted by Crippen LogP contribution is 2.34. The zero-order chi connectivity index (χ0) is 9.90. The molecule has 70 valence electrons. The molecule has 0 N–H and O–H groups in total. The SMILES string of the molecule is C=CC1=C(C=C)CC(C)(C)CC=C1. The van der Waals surface area contributed by atoms with Crippen LogP contribution in [0, 0.1) is 5.41 Å². The summed E-state index contributed by atoms with van der Waals surface area (Å²) < 4.78 is 0. The smallest absolute Gasteiger partial charge is 0.0219 e. The lowest BCUT2D eigenvalue weighted by Crippen LogP contribution is -2.09. The summed E-state index contributed by atoms with van der Waals surface area (Å²) in [5.41, 5.74) is 2.89. The zero-order valence-corrected chi connectivity index (χ0v) is 8.64. The van der Waals surface area contributed by atoms with Gasteiger partial charge in [0.25, 0.3) is 0 Å². The van der Waals surface area contributed by atoms with E-state index in [0.29, 0.717) is 5.41 Å². The Morgan fingerprint density at radius 3 is 2.54 bits per heavy atom. The summed E-state index contributed by atoms with van der Waals surface area (Å²) >= 11 is 0. The fourth-order valence-corrected chi connectivity index (χ4v) is 1.69. The van der Waals surface area contributed by atoms with Crippen LogP contribution in [0.5, 0.6) is 0 Å². The van der Waals surface area contributed by atoms with Gasteiger partial charge in [0.1, 0.15) is 0 Å². The van der Waals surface area contributed by atoms with Gasteiger partial charge in [0.15, 0.2) is 0 Å². The van der Waals surface area contributed by atoms with Crippen LogP contribution in [0.2, 0.25) is 0 Å². The van der Waals surface area contributed by atoms with E-state index in [2.05, 4.69) is 39.2 Å². The number of allylic oxidation sites excluding steroid dienone is 6. The van der Waals surface area contributed by atoms with Gasteiger partial charge in [-0.2, -0.15) is 0 Å². The molecule has 0 aromatic carbocycles. The zero-order valence-electron chi connectivity index (χ0n) is 8.64. The van der Waals surface area contributed by atoms with E-state index in [0.717, 1.165) is 12.8 Å². The molecular weight excluding hydrogens is 156 g/mol. The molecule has 0 nitrogen and oxygen atoms in total. The molecule has 0 unspecified atom stereocenters. The number of hydrogen-bond donors (Lipinski definition) is 0. The molecular formula is C13H18. The third kappa shape index (κ3) is 2.45. The first kappa shape index (κ1) is 10.0. The van der Waals surface area contributed by atoms with Crippen molar-refractivity contribution in [3.63, 3.8) is 0 Å². The van der Waals surface area contributed by atoms with Crippen LogP contribution in [0.1, 0.15) is 26.7 Å². The molecule has 0 aliphatic heterocycles. The lowest BCUT2D eigenvalue weighted by molar-refractivity contribution is 0.372. The third-order valence-corrected chi connectivity index (χ3v) is 2.47. The average molecular weight is 174 g/mol. The normalized spacial score (nSPS) is 21.1. The van der Waals surface area contributed by atoms with Crippen LogP contribution in [0.4, 0.5) is 0 Å². The quantitative estimate of drug-likeness (QED) is 0.593. The van der Waals surface area contributed by atoms with Gasteiger partial charge in [-0.15, -0.1) is 0 Å². The van der Waals surface area contributed by atoms with Gasteiger partial charge in [-0.05, 0) is 29.4 Å². The average Bonchev–Trinajstić information content (AvgIpc) is 2.22. The van der Waals surface area contributed by atoms with Gasteiger partial charge >= 0.3 is 0 Å². The van der Waals surface area contributed by atoms with Crippen molar-refractivity contribution in [2.24, 2.45) is 5.41 Å². The molecule has 0 atom stereocenters. The van der Waals surface area contributed by atoms with Gasteiger partial charge in [-0.3, -0.25) is 0 Å². The van der Waals surface area contributed by atoms with Crippen molar-refractivity contribution in [1.82, 2.24) is 0 Å². The lowest BCUT2D eigenvalue weighted by atomic mass is 9.83. The highest BCUT2D eigenvalue weighted by atomic mass is 14.2. The maximum Gasteiger partial charge on any atom is -0.0219 e. The Labute approximate surface area is 81.4 Å². The van der Waals surface area contributed by atoms with Crippen molar-refractivity contribution in [1.29, 1.82) is 0 Å². The molecule has 0 radical (unpaired) electrons. The van der Waals surface area contributed by atoms with E-state index in [-0.39, 0.29) is 0 Å². The molecule has 0 aromatic heterocycles. The minimum Gasteiger partial charge on any atom is -0.0988 e. The second-order valence-corrected chi connectivity index (χ2v) is 4.34. The Bertz CT molecular complexity index is 274. The van der Waals surface area contributed by atoms with Gasteiger partial charge in [0, 0.05) is 0 Å². The Kier molecular flexibility index (Phi) is 2.92. The molecule has 0 fully saturated rings. The Balaban J connectivity index is 3.05. The molecule has 0 aromatic rings. The third-order valence-electron chi connectivity index (χ3n) is 2.47. The molecule has 1 aliphatic rings. The molecule has 13 heavy (non-hydrogen) atoms. The summed E-state index contributed by atoms with van der Waals surface area (Å²) in [6.07, 6.45) is 10.5. The summed E-state index contributed by atoms with van der Waals surface area (Å²) in [4.78, 5) is 0. The topological polar surface area (TPSA) is 0 Å². The molecule has 0 saturated carbocycles. The minimum atomic E-state index is 0.352. The fraction of sp³-hybridized carbons (Fsp3) is 0.385. The first-order valence-corrected chi connectivity index (χ1v) is 4.73. The minimum absolute atomic E-state index is 0.352. The summed E-state index contributed by atoms with van der Waals surface area (Å²) in [6, 6.07) is 0. The Hall–Kier alpha value is -1.04. The van der Waals surface area contributed by atoms with Gasteiger partial charge < -0.3 is 0 Å². The van der Waals surface area contributed by atoms with Crippen LogP contribution in [0.3, 0.4) is 0 Å². The maximum absolute atomic E-state index is 3.85. The number of rotatable bonds is 2. The van der Waals surface area contributed by atoms with E-state index in [1.165, 1.54) is 11.1 Å². The second-order valence-electron chi connectivity index (χ2n) is 4.34. The molecule has 0 heterocycles. The summed E-state index contributed by atoms with van der Waals surface area (Å²) in [6.45, 7) is 12.2. The van der Waals surface area contributed by atoms with Crippen LogP contribution in [-0.2, 0) is 0 Å². The number of hydrogen-bond acceptors (Lipinski definition) is 0. The lowest BCUT2D eigenvalue weighted by Gasteiger charge is -2.22. The molecule has 1 rings (SSSR count). The molecule has 1 aliphatic carbocycles. The van der Waals surface area contributed by atoms with E-state index in [1.807, 2.05) is 12.2 Å². The van der Waals surface area contributed by atoms with Crippen molar-refractivity contribution in [3.8, 4) is 0 Å². The Morgan fingerprint density at radius 2 is 2.00 bits per heavy atom. The van der Waals surface area contributed by atoms with Crippen molar-refractivity contribution in [3.05, 3.63) is 48.6 Å². The van der Waals surface area contributed by atoms with Crippen LogP contribution >= 0.6 is 0 Å². The predicted octanol–water partition coefficient (Wildman–Crippen LogP) is 4.03. The van der Waals surface area contributed by atoms with Gasteiger partial charge in [0.2, 0.25) is 0 Å². The van der Waals surface area contributed by atoms with E-state index >= 15 is 0 Å². The van der Waals surface area contributed by atoms with Crippen LogP contribution < -0.4 is 0 Å². The molecule has 0 spiro atoms. The van der Waals surface area contributed by atoms with Crippen molar-refractivity contribution in [2.45, 2.75) is 26.7 Å². The van der Waals surface area contributed by atoms with Crippen LogP contribution in [0.15, 0.2) is 48.6 Å². The van der Waals surface area contributed by atoms with E-state index < -0.39 is 0 Å². The van der Waals surface area contributed by atoms with Gasteiger partial charge in [-0.1, -0.05) is 51.3 Å². The van der Waals surface area contributed by atoms with E-state index in [1.54, 1.807) is 0 Å². The van der Waals surface area contributed by atoms with Gasteiger partial charge in [-0.25, -0.2) is 0 Å². The fourth-order valence-electron chi connectivity index (χ4n) is 1.69. The van der Waals surface area contributed by atoms with Crippen LogP contribution in [-0.4, -0.2) is 0 Å². The first-order chi connectivity index (χ1) is 6.09. The Morgan fingerprint density at radius 1 is 1.31 bits per heavy atom. The maximum atomic E-state index is 3.85. The van der Waals surface area contributed by atoms with Crippen LogP contribution in [0.25, 0.3) is 0 Å². The molecule has 0 bridgehead atoms. The van der Waals surface area contributed by atoms with E-state index in [4.69, 9.17) is 0 Å². The van der Waals surface area contributed by atoms with E-state index in [9.17, 15) is 0 Å². The van der Waals surface area contributed by atoms with Gasteiger partial charge in [0.05, 0.1) is 0 Å². The monoisotopic (exact) mass is 174 g/mol. The van der Waals surface area contributed by atoms with Crippen molar-refractivity contribution >= 4 is 0 Å².